The van der Waals surface area contributed by atoms with Gasteiger partial charge in [0.2, 0.25) is 0 Å². The van der Waals surface area contributed by atoms with Crippen LogP contribution in [-0.4, -0.2) is 38.0 Å². The van der Waals surface area contributed by atoms with Gasteiger partial charge in [-0.1, -0.05) is 24.0 Å². The Hall–Kier alpha value is -1.51. The lowest BCUT2D eigenvalue weighted by molar-refractivity contribution is 0.122. The summed E-state index contributed by atoms with van der Waals surface area (Å²) in [6, 6.07) is 4.03. The van der Waals surface area contributed by atoms with Gasteiger partial charge in [0.05, 0.1) is 13.2 Å². The van der Waals surface area contributed by atoms with Crippen LogP contribution in [0.5, 0.6) is 0 Å². The summed E-state index contributed by atoms with van der Waals surface area (Å²) in [4.78, 5) is 6.65. The number of morpholine rings is 1. The van der Waals surface area contributed by atoms with Crippen LogP contribution in [0.15, 0.2) is 18.2 Å². The van der Waals surface area contributed by atoms with E-state index in [1.165, 1.54) is 5.57 Å². The summed E-state index contributed by atoms with van der Waals surface area (Å²) in [5.74, 6) is 3.27. The van der Waals surface area contributed by atoms with Gasteiger partial charge in [0.15, 0.2) is 0 Å². The highest BCUT2D eigenvalue weighted by molar-refractivity contribution is 6.67. The van der Waals surface area contributed by atoms with Crippen molar-refractivity contribution in [2.45, 2.75) is 19.1 Å². The van der Waals surface area contributed by atoms with Gasteiger partial charge in [-0.05, 0) is 36.0 Å². The number of aromatic nitrogens is 1. The molecule has 0 atom stereocenters. The lowest BCUT2D eigenvalue weighted by Gasteiger charge is -2.28. The molecule has 0 bridgehead atoms. The largest absolute Gasteiger partial charge is 0.378 e. The molecular formula is C15H17BClN3O. The van der Waals surface area contributed by atoms with E-state index in [1.807, 2.05) is 6.07 Å². The van der Waals surface area contributed by atoms with Crippen molar-refractivity contribution in [1.29, 1.82) is 5.26 Å². The van der Waals surface area contributed by atoms with Crippen LogP contribution in [-0.2, 0) is 4.74 Å². The molecule has 108 valence electrons. The van der Waals surface area contributed by atoms with Crippen LogP contribution in [0.4, 0.5) is 5.82 Å². The fourth-order valence-corrected chi connectivity index (χ4v) is 3.04. The predicted molar refractivity (Wildman–Crippen MR) is 85.9 cm³/mol. The van der Waals surface area contributed by atoms with Gasteiger partial charge in [0.25, 0.3) is 6.71 Å². The molecule has 3 rings (SSSR count). The number of allylic oxidation sites excluding steroid dienone is 2. The Labute approximate surface area is 130 Å². The normalized spacial score (nSPS) is 19.1. The Morgan fingerprint density at radius 3 is 2.81 bits per heavy atom. The van der Waals surface area contributed by atoms with Gasteiger partial charge >= 0.3 is 0 Å². The fourth-order valence-electron chi connectivity index (χ4n) is 2.84. The van der Waals surface area contributed by atoms with Gasteiger partial charge in [0.1, 0.15) is 11.0 Å². The van der Waals surface area contributed by atoms with Crippen LogP contribution in [0.1, 0.15) is 12.0 Å². The van der Waals surface area contributed by atoms with E-state index in [0.29, 0.717) is 5.15 Å². The average molecular weight is 302 g/mol. The zero-order valence-corrected chi connectivity index (χ0v) is 12.6. The highest BCUT2D eigenvalue weighted by atomic mass is 35.5. The van der Waals surface area contributed by atoms with E-state index in [9.17, 15) is 0 Å². The second-order valence-corrected chi connectivity index (χ2v) is 5.85. The summed E-state index contributed by atoms with van der Waals surface area (Å²) in [6.07, 6.45) is 4.86. The minimum atomic E-state index is 0.157. The van der Waals surface area contributed by atoms with Crippen molar-refractivity contribution in [3.05, 3.63) is 28.9 Å². The Kier molecular flexibility index (Phi) is 4.47. The molecule has 0 radical (unpaired) electrons. The zero-order chi connectivity index (χ0) is 14.7. The van der Waals surface area contributed by atoms with Crippen molar-refractivity contribution in [1.82, 2.24) is 4.98 Å². The molecule has 0 aliphatic carbocycles. The minimum Gasteiger partial charge on any atom is -0.378 e. The number of anilines is 1. The van der Waals surface area contributed by atoms with E-state index in [2.05, 4.69) is 28.0 Å². The van der Waals surface area contributed by atoms with E-state index in [1.54, 1.807) is 0 Å². The first-order valence-electron chi connectivity index (χ1n) is 7.35. The first-order chi connectivity index (χ1) is 10.3. The monoisotopic (exact) mass is 301 g/mol. The van der Waals surface area contributed by atoms with Crippen molar-refractivity contribution in [2.24, 2.45) is 0 Å². The Morgan fingerprint density at radius 2 is 2.14 bits per heavy atom. The molecular weight excluding hydrogens is 284 g/mol. The van der Waals surface area contributed by atoms with Crippen LogP contribution in [0.25, 0.3) is 5.57 Å². The maximum absolute atomic E-state index is 8.98. The molecule has 1 aromatic rings. The molecule has 4 nitrogen and oxygen atoms in total. The molecule has 1 fully saturated rings. The van der Waals surface area contributed by atoms with Crippen molar-refractivity contribution in [2.75, 3.05) is 31.2 Å². The number of pyridine rings is 1. The summed E-state index contributed by atoms with van der Waals surface area (Å²) in [7, 11) is 0. The third-order valence-corrected chi connectivity index (χ3v) is 4.27. The minimum absolute atomic E-state index is 0.157. The summed E-state index contributed by atoms with van der Waals surface area (Å²) in [6.45, 7) is 3.32. The molecule has 2 aliphatic heterocycles. The van der Waals surface area contributed by atoms with E-state index < -0.39 is 0 Å². The fraction of sp³-hybridized carbons (Fsp3) is 0.467. The van der Waals surface area contributed by atoms with Crippen LogP contribution in [0.2, 0.25) is 17.8 Å². The van der Waals surface area contributed by atoms with Crippen LogP contribution < -0.4 is 4.90 Å². The molecule has 0 spiro atoms. The van der Waals surface area contributed by atoms with E-state index in [-0.39, 0.29) is 6.71 Å². The quantitative estimate of drug-likeness (QED) is 0.622. The number of nitriles is 1. The molecule has 1 saturated heterocycles. The second kappa shape index (κ2) is 6.51. The average Bonchev–Trinajstić information content (AvgIpc) is 2.55. The smallest absolute Gasteiger partial charge is 0.271 e. The summed E-state index contributed by atoms with van der Waals surface area (Å²) in [5, 5.41) is 9.50. The van der Waals surface area contributed by atoms with E-state index in [4.69, 9.17) is 21.6 Å². The van der Waals surface area contributed by atoms with Gasteiger partial charge in [-0.25, -0.2) is 10.2 Å². The Bertz CT molecular complexity index is 593. The number of ether oxygens (including phenoxy) is 1. The maximum atomic E-state index is 8.98. The van der Waals surface area contributed by atoms with E-state index in [0.717, 1.165) is 56.7 Å². The van der Waals surface area contributed by atoms with Crippen LogP contribution >= 0.6 is 11.6 Å². The molecule has 1 aromatic heterocycles. The number of hydrogen-bond acceptors (Lipinski definition) is 4. The molecule has 0 N–H and O–H groups in total. The third kappa shape index (κ3) is 3.40. The number of rotatable bonds is 2. The van der Waals surface area contributed by atoms with Gasteiger partial charge in [-0.2, -0.15) is 0 Å². The van der Waals surface area contributed by atoms with Gasteiger partial charge in [-0.3, -0.25) is 0 Å². The predicted octanol–water partition coefficient (Wildman–Crippen LogP) is 2.92. The van der Waals surface area contributed by atoms with Crippen LogP contribution in [0.3, 0.4) is 0 Å². The number of nitrogens with zero attached hydrogens (tertiary/aromatic N) is 3. The molecule has 0 unspecified atom stereocenters. The lowest BCUT2D eigenvalue weighted by Crippen LogP contribution is -2.36. The zero-order valence-electron chi connectivity index (χ0n) is 11.9. The summed E-state index contributed by atoms with van der Waals surface area (Å²) >= 11 is 6.20. The highest BCUT2D eigenvalue weighted by Gasteiger charge is 2.20. The summed E-state index contributed by atoms with van der Waals surface area (Å²) < 4.78 is 5.38. The van der Waals surface area contributed by atoms with Gasteiger partial charge in [0, 0.05) is 19.1 Å². The first kappa shape index (κ1) is 14.4. The first-order valence-corrected chi connectivity index (χ1v) is 7.73. The van der Waals surface area contributed by atoms with Crippen molar-refractivity contribution in [3.8, 4) is 5.97 Å². The topological polar surface area (TPSA) is 49.2 Å². The molecule has 3 heterocycles. The standard InChI is InChI=1S/C15H17BClN3O/c17-14-9-13(12-1-3-16(11-18)4-2-12)10-15(19-14)20-5-7-21-8-6-20/h1,9-10H,2-8H2. The van der Waals surface area contributed by atoms with Crippen LogP contribution in [0, 0.1) is 11.2 Å². The van der Waals surface area contributed by atoms with E-state index >= 15 is 0 Å². The Morgan fingerprint density at radius 1 is 1.33 bits per heavy atom. The summed E-state index contributed by atoms with van der Waals surface area (Å²) in [5.41, 5.74) is 2.41. The molecule has 0 aromatic carbocycles. The molecule has 21 heavy (non-hydrogen) atoms. The lowest BCUT2D eigenvalue weighted by atomic mass is 9.43. The maximum Gasteiger partial charge on any atom is 0.271 e. The second-order valence-electron chi connectivity index (χ2n) is 5.47. The number of halogens is 1. The van der Waals surface area contributed by atoms with Gasteiger partial charge < -0.3 is 9.64 Å². The van der Waals surface area contributed by atoms with Gasteiger partial charge in [-0.15, -0.1) is 0 Å². The Balaban J connectivity index is 1.84. The molecule has 0 saturated carbocycles. The van der Waals surface area contributed by atoms with Crippen molar-refractivity contribution in [3.63, 3.8) is 0 Å². The SMILES string of the molecule is N#CB1CC=C(c2cc(Cl)nc(N3CCOCC3)c2)CC1. The van der Waals surface area contributed by atoms with Crippen molar-refractivity contribution < 1.29 is 4.74 Å². The number of hydrogen-bond donors (Lipinski definition) is 0. The van der Waals surface area contributed by atoms with Crippen molar-refractivity contribution >= 4 is 29.7 Å². The third-order valence-electron chi connectivity index (χ3n) is 4.08. The molecule has 2 aliphatic rings. The molecule has 0 amide bonds. The highest BCUT2D eigenvalue weighted by Crippen LogP contribution is 2.31. The molecule has 6 heteroatoms.